The van der Waals surface area contributed by atoms with Crippen molar-refractivity contribution in [2.75, 3.05) is 13.2 Å². The zero-order valence-corrected chi connectivity index (χ0v) is 53.2. The molecule has 0 aliphatic carbocycles. The third-order valence-electron chi connectivity index (χ3n) is 15.8. The van der Waals surface area contributed by atoms with Crippen molar-refractivity contribution >= 4 is 17.9 Å². The maximum atomic E-state index is 12.9. The molecule has 462 valence electrons. The van der Waals surface area contributed by atoms with Gasteiger partial charge in [-0.05, 0) is 103 Å². The number of hydrogen-bond acceptors (Lipinski definition) is 6. The number of unbranched alkanes of at least 4 members (excludes halogenated alkanes) is 46. The van der Waals surface area contributed by atoms with E-state index in [0.29, 0.717) is 19.3 Å². The van der Waals surface area contributed by atoms with E-state index in [4.69, 9.17) is 14.2 Å². The average molecular weight is 1110 g/mol. The Morgan fingerprint density at radius 2 is 0.456 bits per heavy atom. The minimum absolute atomic E-state index is 0.0754. The molecule has 0 saturated heterocycles. The lowest BCUT2D eigenvalue weighted by molar-refractivity contribution is -0.167. The van der Waals surface area contributed by atoms with Crippen LogP contribution in [0.15, 0.2) is 48.6 Å². The first-order valence-corrected chi connectivity index (χ1v) is 35.1. The molecule has 0 amide bonds. The average Bonchev–Trinajstić information content (AvgIpc) is 3.45. The first-order valence-electron chi connectivity index (χ1n) is 35.1. The van der Waals surface area contributed by atoms with Crippen LogP contribution >= 0.6 is 0 Å². The van der Waals surface area contributed by atoms with E-state index < -0.39 is 6.10 Å². The third kappa shape index (κ3) is 66.1. The Labute approximate surface area is 492 Å². The van der Waals surface area contributed by atoms with E-state index in [0.717, 1.165) is 77.0 Å². The van der Waals surface area contributed by atoms with Crippen molar-refractivity contribution in [3.8, 4) is 0 Å². The SMILES string of the molecule is CCCCC/C=C\CCCCCCCC(=O)OCC(COC(=O)CCCCCCCCCCCCCCCCCCCCC/C=C\CCCCCCCCCC)OC(=O)CCCCCCCCC/C=C\C/C=C\CCCCCC. The lowest BCUT2D eigenvalue weighted by atomic mass is 10.0. The second-order valence-electron chi connectivity index (χ2n) is 23.8. The van der Waals surface area contributed by atoms with Crippen LogP contribution in [0.5, 0.6) is 0 Å². The van der Waals surface area contributed by atoms with Gasteiger partial charge in [0, 0.05) is 19.3 Å². The molecule has 0 saturated carbocycles. The minimum Gasteiger partial charge on any atom is -0.462 e. The lowest BCUT2D eigenvalue weighted by Crippen LogP contribution is -2.30. The number of ether oxygens (including phenoxy) is 3. The Bertz CT molecular complexity index is 1360. The van der Waals surface area contributed by atoms with Gasteiger partial charge < -0.3 is 14.2 Å². The van der Waals surface area contributed by atoms with Crippen molar-refractivity contribution in [1.82, 2.24) is 0 Å². The Hall–Kier alpha value is -2.63. The first kappa shape index (κ1) is 76.4. The number of carbonyl (C=O) groups is 3. The number of esters is 3. The summed E-state index contributed by atoms with van der Waals surface area (Å²) in [5, 5.41) is 0. The molecule has 0 aliphatic rings. The number of allylic oxidation sites excluding steroid dienone is 8. The summed E-state index contributed by atoms with van der Waals surface area (Å²) in [7, 11) is 0. The molecule has 0 N–H and O–H groups in total. The molecular weight excluding hydrogens is 973 g/mol. The number of carbonyl (C=O) groups excluding carboxylic acids is 3. The fraction of sp³-hybridized carbons (Fsp3) is 0.849. The third-order valence-corrected chi connectivity index (χ3v) is 15.8. The molecule has 0 aromatic rings. The van der Waals surface area contributed by atoms with Gasteiger partial charge in [-0.25, -0.2) is 0 Å². The molecule has 0 spiro atoms. The summed E-state index contributed by atoms with van der Waals surface area (Å²) in [5.41, 5.74) is 0. The van der Waals surface area contributed by atoms with Crippen LogP contribution in [0.1, 0.15) is 380 Å². The molecule has 0 aliphatic heterocycles. The van der Waals surface area contributed by atoms with Crippen molar-refractivity contribution < 1.29 is 28.6 Å². The Kier molecular flexibility index (Phi) is 65.6. The van der Waals surface area contributed by atoms with Gasteiger partial charge in [0.05, 0.1) is 0 Å². The van der Waals surface area contributed by atoms with Gasteiger partial charge in [-0.3, -0.25) is 14.4 Å². The second-order valence-corrected chi connectivity index (χ2v) is 23.8. The van der Waals surface area contributed by atoms with Gasteiger partial charge in [-0.1, -0.05) is 307 Å². The van der Waals surface area contributed by atoms with Crippen LogP contribution in [0.4, 0.5) is 0 Å². The highest BCUT2D eigenvalue weighted by Gasteiger charge is 2.19. The molecule has 0 rings (SSSR count). The van der Waals surface area contributed by atoms with Crippen LogP contribution in [0, 0.1) is 0 Å². The Morgan fingerprint density at radius 3 is 0.747 bits per heavy atom. The van der Waals surface area contributed by atoms with E-state index in [-0.39, 0.29) is 31.1 Å². The topological polar surface area (TPSA) is 78.9 Å². The minimum atomic E-state index is -0.780. The predicted molar refractivity (Wildman–Crippen MR) is 344 cm³/mol. The van der Waals surface area contributed by atoms with Gasteiger partial charge in [-0.15, -0.1) is 0 Å². The fourth-order valence-electron chi connectivity index (χ4n) is 10.5. The molecule has 0 aromatic carbocycles. The standard InChI is InChI=1S/C73H134O6/c1-4-7-10-13-16-19-22-25-27-29-31-32-33-34-35-36-37-38-39-40-41-42-43-45-46-48-51-54-57-60-63-66-72(75)78-69-70(68-77-71(74)65-62-59-56-53-50-24-21-18-15-12-9-6-3)79-73(76)67-64-61-58-55-52-49-47-44-30-28-26-23-20-17-14-11-8-5-2/h18,20-21,23,28-31,70H,4-17,19,22,24-27,32-69H2,1-3H3/b21-18-,23-20-,30-28-,31-29-. The van der Waals surface area contributed by atoms with E-state index in [1.54, 1.807) is 0 Å². The maximum absolute atomic E-state index is 12.9. The van der Waals surface area contributed by atoms with Crippen LogP contribution < -0.4 is 0 Å². The largest absolute Gasteiger partial charge is 0.462 e. The Balaban J connectivity index is 4.14. The zero-order chi connectivity index (χ0) is 57.1. The van der Waals surface area contributed by atoms with Gasteiger partial charge in [0.1, 0.15) is 13.2 Å². The van der Waals surface area contributed by atoms with E-state index >= 15 is 0 Å². The highest BCUT2D eigenvalue weighted by molar-refractivity contribution is 5.71. The van der Waals surface area contributed by atoms with E-state index in [9.17, 15) is 14.4 Å². The quantitative estimate of drug-likeness (QED) is 0.0261. The molecule has 6 nitrogen and oxygen atoms in total. The van der Waals surface area contributed by atoms with E-state index in [1.165, 1.54) is 263 Å². The van der Waals surface area contributed by atoms with Crippen LogP contribution in [0.3, 0.4) is 0 Å². The maximum Gasteiger partial charge on any atom is 0.306 e. The van der Waals surface area contributed by atoms with Gasteiger partial charge in [0.15, 0.2) is 6.10 Å². The Morgan fingerprint density at radius 1 is 0.253 bits per heavy atom. The summed E-state index contributed by atoms with van der Waals surface area (Å²) in [6.45, 7) is 6.64. The highest BCUT2D eigenvalue weighted by atomic mass is 16.6. The lowest BCUT2D eigenvalue weighted by Gasteiger charge is -2.18. The molecule has 0 aromatic heterocycles. The van der Waals surface area contributed by atoms with E-state index in [1.807, 2.05) is 0 Å². The summed E-state index contributed by atoms with van der Waals surface area (Å²) in [4.78, 5) is 38.3. The summed E-state index contributed by atoms with van der Waals surface area (Å²) in [6.07, 6.45) is 85.8. The van der Waals surface area contributed by atoms with Crippen LogP contribution in [-0.4, -0.2) is 37.2 Å². The first-order chi connectivity index (χ1) is 39.0. The van der Waals surface area contributed by atoms with Gasteiger partial charge in [0.25, 0.3) is 0 Å². The van der Waals surface area contributed by atoms with Crippen molar-refractivity contribution in [3.63, 3.8) is 0 Å². The summed E-state index contributed by atoms with van der Waals surface area (Å²) in [5.74, 6) is -0.871. The fourth-order valence-corrected chi connectivity index (χ4v) is 10.5. The molecule has 0 heterocycles. The second kappa shape index (κ2) is 67.9. The van der Waals surface area contributed by atoms with Crippen molar-refractivity contribution in [1.29, 1.82) is 0 Å². The molecule has 0 radical (unpaired) electrons. The van der Waals surface area contributed by atoms with Gasteiger partial charge >= 0.3 is 17.9 Å². The van der Waals surface area contributed by atoms with Crippen molar-refractivity contribution in [3.05, 3.63) is 48.6 Å². The molecule has 0 fully saturated rings. The van der Waals surface area contributed by atoms with Crippen LogP contribution in [0.2, 0.25) is 0 Å². The molecule has 6 heteroatoms. The van der Waals surface area contributed by atoms with Crippen molar-refractivity contribution in [2.24, 2.45) is 0 Å². The summed E-state index contributed by atoms with van der Waals surface area (Å²) in [6, 6.07) is 0. The zero-order valence-electron chi connectivity index (χ0n) is 53.2. The van der Waals surface area contributed by atoms with Crippen LogP contribution in [0.25, 0.3) is 0 Å². The van der Waals surface area contributed by atoms with Gasteiger partial charge in [-0.2, -0.15) is 0 Å². The monoisotopic (exact) mass is 1110 g/mol. The number of hydrogen-bond donors (Lipinski definition) is 0. The molecule has 1 atom stereocenters. The van der Waals surface area contributed by atoms with E-state index in [2.05, 4.69) is 69.4 Å². The smallest absolute Gasteiger partial charge is 0.306 e. The normalized spacial score (nSPS) is 12.3. The molecule has 0 bridgehead atoms. The van der Waals surface area contributed by atoms with Gasteiger partial charge in [0.2, 0.25) is 0 Å². The highest BCUT2D eigenvalue weighted by Crippen LogP contribution is 2.18. The summed E-state index contributed by atoms with van der Waals surface area (Å²) >= 11 is 0. The molecular formula is C73H134O6. The summed E-state index contributed by atoms with van der Waals surface area (Å²) < 4.78 is 16.9. The molecule has 1 unspecified atom stereocenters. The number of rotatable bonds is 65. The predicted octanol–water partition coefficient (Wildman–Crippen LogP) is 24.1. The molecule has 79 heavy (non-hydrogen) atoms. The van der Waals surface area contributed by atoms with Crippen LogP contribution in [-0.2, 0) is 28.6 Å². The van der Waals surface area contributed by atoms with Crippen molar-refractivity contribution in [2.45, 2.75) is 386 Å².